The van der Waals surface area contributed by atoms with E-state index in [-0.39, 0.29) is 45.9 Å². The molecule has 0 spiro atoms. The van der Waals surface area contributed by atoms with Gasteiger partial charge in [0.15, 0.2) is 0 Å². The molecule has 162 valence electrons. The molecule has 28 heavy (non-hydrogen) atoms. The molecular formula is C19H32O9. The lowest BCUT2D eigenvalue weighted by molar-refractivity contribution is -0.171. The highest BCUT2D eigenvalue weighted by Crippen LogP contribution is 2.36. The molecule has 0 aromatic carbocycles. The van der Waals surface area contributed by atoms with E-state index in [9.17, 15) is 14.4 Å². The lowest BCUT2D eigenvalue weighted by atomic mass is 9.75. The topological polar surface area (TPSA) is 118 Å². The molecule has 0 aromatic rings. The summed E-state index contributed by atoms with van der Waals surface area (Å²) in [6, 6.07) is 0. The van der Waals surface area contributed by atoms with Crippen molar-refractivity contribution in [3.8, 4) is 0 Å². The van der Waals surface area contributed by atoms with Crippen LogP contribution in [-0.2, 0) is 38.1 Å². The molecule has 0 saturated carbocycles. The molecule has 1 aliphatic heterocycles. The van der Waals surface area contributed by atoms with E-state index >= 15 is 0 Å². The molecule has 0 amide bonds. The van der Waals surface area contributed by atoms with Gasteiger partial charge in [0.25, 0.3) is 0 Å². The Morgan fingerprint density at radius 1 is 1.11 bits per heavy atom. The van der Waals surface area contributed by atoms with Gasteiger partial charge in [-0.2, -0.15) is 0 Å². The molecule has 2 unspecified atom stereocenters. The van der Waals surface area contributed by atoms with Gasteiger partial charge in [0.2, 0.25) is 6.10 Å². The van der Waals surface area contributed by atoms with Crippen LogP contribution in [0.5, 0.6) is 0 Å². The van der Waals surface area contributed by atoms with Crippen LogP contribution in [0.1, 0.15) is 40.5 Å². The Morgan fingerprint density at radius 2 is 1.75 bits per heavy atom. The molecule has 0 aliphatic carbocycles. The second-order valence-electron chi connectivity index (χ2n) is 8.06. The standard InChI is InChI=1S/C19H32O9/c1-18(2,16(22)26-9-8-25-7-6-20)12-19(3,4)17(23)28-14-10-13(11-24-5)27-15(14)21/h13-14,20H,6-12H2,1-5H3. The Labute approximate surface area is 165 Å². The van der Waals surface area contributed by atoms with Crippen LogP contribution in [0.25, 0.3) is 0 Å². The van der Waals surface area contributed by atoms with E-state index in [1.807, 2.05) is 0 Å². The number of esters is 3. The smallest absolute Gasteiger partial charge is 0.347 e. The number of carbonyl (C=O) groups is 3. The van der Waals surface area contributed by atoms with Crippen molar-refractivity contribution in [2.24, 2.45) is 10.8 Å². The quantitative estimate of drug-likeness (QED) is 0.287. The van der Waals surface area contributed by atoms with Gasteiger partial charge < -0.3 is 28.8 Å². The summed E-state index contributed by atoms with van der Waals surface area (Å²) >= 11 is 0. The van der Waals surface area contributed by atoms with Crippen LogP contribution in [0.15, 0.2) is 0 Å². The first-order valence-corrected chi connectivity index (χ1v) is 9.30. The predicted octanol–water partition coefficient (Wildman–Crippen LogP) is 0.855. The summed E-state index contributed by atoms with van der Waals surface area (Å²) < 4.78 is 25.6. The number of hydrogen-bond acceptors (Lipinski definition) is 9. The molecule has 1 aliphatic rings. The number of rotatable bonds is 12. The summed E-state index contributed by atoms with van der Waals surface area (Å²) in [6.45, 7) is 7.22. The molecule has 2 atom stereocenters. The van der Waals surface area contributed by atoms with E-state index in [4.69, 9.17) is 28.8 Å². The largest absolute Gasteiger partial charge is 0.463 e. The molecule has 1 fully saturated rings. The lowest BCUT2D eigenvalue weighted by Crippen LogP contribution is -2.39. The van der Waals surface area contributed by atoms with Crippen LogP contribution in [0.2, 0.25) is 0 Å². The van der Waals surface area contributed by atoms with Crippen molar-refractivity contribution < 1.29 is 43.2 Å². The molecule has 1 rings (SSSR count). The Hall–Kier alpha value is -1.71. The fraction of sp³-hybridized carbons (Fsp3) is 0.842. The van der Waals surface area contributed by atoms with Crippen LogP contribution in [0.4, 0.5) is 0 Å². The minimum absolute atomic E-state index is 0.0575. The number of carbonyl (C=O) groups excluding carboxylic acids is 3. The molecule has 9 heteroatoms. The van der Waals surface area contributed by atoms with Gasteiger partial charge in [-0.25, -0.2) is 4.79 Å². The van der Waals surface area contributed by atoms with Gasteiger partial charge in [0, 0.05) is 13.5 Å². The summed E-state index contributed by atoms with van der Waals surface area (Å²) in [7, 11) is 1.50. The summed E-state index contributed by atoms with van der Waals surface area (Å²) in [5, 5.41) is 8.63. The zero-order chi connectivity index (χ0) is 21.4. The molecule has 0 bridgehead atoms. The van der Waals surface area contributed by atoms with E-state index < -0.39 is 40.9 Å². The minimum Gasteiger partial charge on any atom is -0.463 e. The molecular weight excluding hydrogens is 372 g/mol. The summed E-state index contributed by atoms with van der Waals surface area (Å²) in [6.07, 6.45) is -0.991. The molecule has 1 saturated heterocycles. The Morgan fingerprint density at radius 3 is 2.36 bits per heavy atom. The summed E-state index contributed by atoms with van der Waals surface area (Å²) in [4.78, 5) is 36.8. The number of cyclic esters (lactones) is 1. The maximum absolute atomic E-state index is 12.6. The van der Waals surface area contributed by atoms with Gasteiger partial charge in [-0.05, 0) is 34.1 Å². The first-order valence-electron chi connectivity index (χ1n) is 9.30. The third-order valence-electron chi connectivity index (χ3n) is 4.31. The van der Waals surface area contributed by atoms with Gasteiger partial charge in [0.05, 0.1) is 37.3 Å². The highest BCUT2D eigenvalue weighted by molar-refractivity contribution is 5.84. The number of hydrogen-bond donors (Lipinski definition) is 1. The molecule has 9 nitrogen and oxygen atoms in total. The molecule has 0 aromatic heterocycles. The highest BCUT2D eigenvalue weighted by atomic mass is 16.6. The average molecular weight is 404 g/mol. The van der Waals surface area contributed by atoms with E-state index in [2.05, 4.69) is 0 Å². The van der Waals surface area contributed by atoms with Crippen LogP contribution in [-0.4, -0.2) is 75.4 Å². The van der Waals surface area contributed by atoms with Gasteiger partial charge in [0.1, 0.15) is 12.7 Å². The Kier molecular flexibility index (Phi) is 9.32. The fourth-order valence-electron chi connectivity index (χ4n) is 3.10. The van der Waals surface area contributed by atoms with Crippen LogP contribution >= 0.6 is 0 Å². The zero-order valence-corrected chi connectivity index (χ0v) is 17.3. The van der Waals surface area contributed by atoms with E-state index in [1.54, 1.807) is 27.7 Å². The third kappa shape index (κ3) is 7.37. The second kappa shape index (κ2) is 10.7. The zero-order valence-electron chi connectivity index (χ0n) is 17.3. The predicted molar refractivity (Wildman–Crippen MR) is 97.3 cm³/mol. The summed E-state index contributed by atoms with van der Waals surface area (Å²) in [5.41, 5.74) is -1.97. The maximum Gasteiger partial charge on any atom is 0.347 e. The van der Waals surface area contributed by atoms with Crippen molar-refractivity contribution in [1.29, 1.82) is 0 Å². The van der Waals surface area contributed by atoms with Crippen molar-refractivity contribution in [2.75, 3.05) is 40.1 Å². The molecule has 1 N–H and O–H groups in total. The number of aliphatic hydroxyl groups excluding tert-OH is 1. The Balaban J connectivity index is 2.56. The number of methoxy groups -OCH3 is 1. The van der Waals surface area contributed by atoms with Gasteiger partial charge >= 0.3 is 17.9 Å². The number of aliphatic hydroxyl groups is 1. The van der Waals surface area contributed by atoms with Gasteiger partial charge in [-0.15, -0.1) is 0 Å². The van der Waals surface area contributed by atoms with Crippen molar-refractivity contribution in [3.05, 3.63) is 0 Å². The number of ether oxygens (including phenoxy) is 5. The second-order valence-corrected chi connectivity index (χ2v) is 8.06. The van der Waals surface area contributed by atoms with Crippen LogP contribution < -0.4 is 0 Å². The van der Waals surface area contributed by atoms with Crippen LogP contribution in [0, 0.1) is 10.8 Å². The van der Waals surface area contributed by atoms with Crippen molar-refractivity contribution in [2.45, 2.75) is 52.7 Å². The van der Waals surface area contributed by atoms with Crippen molar-refractivity contribution in [3.63, 3.8) is 0 Å². The average Bonchev–Trinajstić information content (AvgIpc) is 2.93. The molecule has 1 heterocycles. The normalized spacial score (nSPS) is 20.0. The first-order chi connectivity index (χ1) is 13.0. The first kappa shape index (κ1) is 24.3. The summed E-state index contributed by atoms with van der Waals surface area (Å²) in [5.74, 6) is -1.64. The highest BCUT2D eigenvalue weighted by Gasteiger charge is 2.44. The van der Waals surface area contributed by atoms with Gasteiger partial charge in [-0.3, -0.25) is 9.59 Å². The lowest BCUT2D eigenvalue weighted by Gasteiger charge is -2.32. The van der Waals surface area contributed by atoms with Crippen molar-refractivity contribution in [1.82, 2.24) is 0 Å². The Bertz CT molecular complexity index is 542. The SMILES string of the molecule is COCC1CC(OC(=O)C(C)(C)CC(C)(C)C(=O)OCCOCCO)C(=O)O1. The fourth-order valence-corrected chi connectivity index (χ4v) is 3.10. The van der Waals surface area contributed by atoms with E-state index in [1.165, 1.54) is 7.11 Å². The third-order valence-corrected chi connectivity index (χ3v) is 4.31. The van der Waals surface area contributed by atoms with Gasteiger partial charge in [-0.1, -0.05) is 0 Å². The maximum atomic E-state index is 12.6. The minimum atomic E-state index is -1.02. The van der Waals surface area contributed by atoms with E-state index in [0.29, 0.717) is 0 Å². The monoisotopic (exact) mass is 404 g/mol. The van der Waals surface area contributed by atoms with Crippen LogP contribution in [0.3, 0.4) is 0 Å². The van der Waals surface area contributed by atoms with E-state index in [0.717, 1.165) is 0 Å². The molecule has 0 radical (unpaired) electrons. The van der Waals surface area contributed by atoms with Crippen molar-refractivity contribution >= 4 is 17.9 Å².